The number of para-hydroxylation sites is 1. The molecule has 0 saturated heterocycles. The van der Waals surface area contributed by atoms with Gasteiger partial charge in [-0.05, 0) is 37.4 Å². The third kappa shape index (κ3) is 4.48. The van der Waals surface area contributed by atoms with Crippen molar-refractivity contribution in [2.24, 2.45) is 0 Å². The van der Waals surface area contributed by atoms with E-state index in [0.717, 1.165) is 21.8 Å². The van der Waals surface area contributed by atoms with E-state index in [1.54, 1.807) is 12.1 Å². The third-order valence-corrected chi connectivity index (χ3v) is 4.62. The highest BCUT2D eigenvalue weighted by molar-refractivity contribution is 7.98. The van der Waals surface area contributed by atoms with Crippen molar-refractivity contribution in [1.29, 1.82) is 0 Å². The topological polar surface area (TPSA) is 76.9 Å². The van der Waals surface area contributed by atoms with E-state index in [1.165, 1.54) is 43.1 Å². The maximum Gasteiger partial charge on any atom is 0.418 e. The Kier molecular flexibility index (Phi) is 5.73. The molecular weight excluding hydrogens is 405 g/mol. The number of alkyl halides is 3. The lowest BCUT2D eigenvalue weighted by Gasteiger charge is -2.16. The molecule has 1 amide bonds. The van der Waals surface area contributed by atoms with E-state index in [0.29, 0.717) is 5.69 Å². The molecule has 0 saturated carbocycles. The Balaban J connectivity index is 2.02. The van der Waals surface area contributed by atoms with Crippen molar-refractivity contribution in [3.63, 3.8) is 0 Å². The van der Waals surface area contributed by atoms with Crippen molar-refractivity contribution < 1.29 is 18.0 Å². The van der Waals surface area contributed by atoms with Crippen LogP contribution in [0.3, 0.4) is 0 Å². The lowest BCUT2D eigenvalue weighted by atomic mass is 10.1. The average molecular weight is 420 g/mol. The van der Waals surface area contributed by atoms with Gasteiger partial charge in [-0.25, -0.2) is 9.67 Å². The number of carbonyl (C=O) groups excluding carboxylic acids is 1. The number of aromatic nitrogens is 3. The maximum absolute atomic E-state index is 13.4. The molecule has 2 heterocycles. The zero-order valence-corrected chi connectivity index (χ0v) is 16.1. The second kappa shape index (κ2) is 8.08. The molecule has 0 aliphatic heterocycles. The predicted octanol–water partition coefficient (Wildman–Crippen LogP) is 3.93. The molecule has 3 aromatic rings. The SMILES string of the molecule is CSc1ccc(NC(=O)c2nn(-c3ccccc3C(F)(F)F)c(C)cc2=O)cn1. The molecule has 0 bridgehead atoms. The highest BCUT2D eigenvalue weighted by Crippen LogP contribution is 2.33. The van der Waals surface area contributed by atoms with Crippen molar-refractivity contribution in [3.8, 4) is 5.69 Å². The fraction of sp³-hybridized carbons (Fsp3) is 0.158. The van der Waals surface area contributed by atoms with E-state index in [9.17, 15) is 22.8 Å². The fourth-order valence-corrected chi connectivity index (χ4v) is 2.97. The van der Waals surface area contributed by atoms with Gasteiger partial charge in [-0.2, -0.15) is 18.3 Å². The quantitative estimate of drug-likeness (QED) is 0.648. The summed E-state index contributed by atoms with van der Waals surface area (Å²) >= 11 is 1.42. The van der Waals surface area contributed by atoms with Crippen LogP contribution in [0.4, 0.5) is 18.9 Å². The Hall–Kier alpha value is -3.14. The largest absolute Gasteiger partial charge is 0.418 e. The first-order chi connectivity index (χ1) is 13.7. The monoisotopic (exact) mass is 420 g/mol. The minimum absolute atomic E-state index is 0.161. The molecule has 2 aromatic heterocycles. The first-order valence-corrected chi connectivity index (χ1v) is 9.52. The van der Waals surface area contributed by atoms with Gasteiger partial charge >= 0.3 is 6.18 Å². The molecule has 3 rings (SSSR count). The van der Waals surface area contributed by atoms with Gasteiger partial charge in [0.2, 0.25) is 5.43 Å². The van der Waals surface area contributed by atoms with Crippen molar-refractivity contribution in [2.45, 2.75) is 18.1 Å². The number of anilines is 1. The standard InChI is InChI=1S/C19H15F3N4O2S/c1-11-9-15(27)17(18(28)24-12-7-8-16(29-2)23-10-12)25-26(11)14-6-4-3-5-13(14)19(20,21)22/h3-10H,1-2H3,(H,24,28). The molecular formula is C19H15F3N4O2S. The number of carbonyl (C=O) groups is 1. The summed E-state index contributed by atoms with van der Waals surface area (Å²) in [5.41, 5.74) is -1.94. The van der Waals surface area contributed by atoms with Crippen LogP contribution in [0.5, 0.6) is 0 Å². The number of thioether (sulfide) groups is 1. The Bertz CT molecular complexity index is 1110. The van der Waals surface area contributed by atoms with Gasteiger partial charge in [0.25, 0.3) is 5.91 Å². The van der Waals surface area contributed by atoms with Gasteiger partial charge in [-0.15, -0.1) is 11.8 Å². The van der Waals surface area contributed by atoms with Crippen LogP contribution in [-0.4, -0.2) is 26.9 Å². The van der Waals surface area contributed by atoms with E-state index in [2.05, 4.69) is 15.4 Å². The van der Waals surface area contributed by atoms with Crippen molar-refractivity contribution >= 4 is 23.4 Å². The van der Waals surface area contributed by atoms with Gasteiger partial charge in [0.1, 0.15) is 0 Å². The van der Waals surface area contributed by atoms with Crippen LogP contribution >= 0.6 is 11.8 Å². The predicted molar refractivity (Wildman–Crippen MR) is 104 cm³/mol. The molecule has 0 radical (unpaired) electrons. The molecule has 29 heavy (non-hydrogen) atoms. The number of hydrogen-bond acceptors (Lipinski definition) is 5. The normalized spacial score (nSPS) is 11.3. The Morgan fingerprint density at radius 1 is 1.17 bits per heavy atom. The molecule has 0 atom stereocenters. The summed E-state index contributed by atoms with van der Waals surface area (Å²) in [4.78, 5) is 28.9. The fourth-order valence-electron chi connectivity index (χ4n) is 2.61. The van der Waals surface area contributed by atoms with Gasteiger partial charge in [-0.3, -0.25) is 9.59 Å². The van der Waals surface area contributed by atoms with Gasteiger partial charge in [-0.1, -0.05) is 12.1 Å². The smallest absolute Gasteiger partial charge is 0.319 e. The van der Waals surface area contributed by atoms with Gasteiger partial charge in [0.15, 0.2) is 5.69 Å². The number of halogens is 3. The zero-order valence-electron chi connectivity index (χ0n) is 15.3. The van der Waals surface area contributed by atoms with Gasteiger partial charge in [0.05, 0.1) is 28.2 Å². The number of nitrogens with one attached hydrogen (secondary N) is 1. The van der Waals surface area contributed by atoms with Crippen molar-refractivity contribution in [3.05, 3.63) is 75.8 Å². The Morgan fingerprint density at radius 2 is 1.90 bits per heavy atom. The van der Waals surface area contributed by atoms with Crippen LogP contribution in [0.2, 0.25) is 0 Å². The van der Waals surface area contributed by atoms with Crippen LogP contribution in [0, 0.1) is 6.92 Å². The number of rotatable bonds is 4. The lowest BCUT2D eigenvalue weighted by molar-refractivity contribution is -0.137. The Labute approximate surface area is 167 Å². The van der Waals surface area contributed by atoms with Crippen molar-refractivity contribution in [2.75, 3.05) is 11.6 Å². The first kappa shape index (κ1) is 20.6. The molecule has 10 heteroatoms. The van der Waals surface area contributed by atoms with Crippen LogP contribution in [0.25, 0.3) is 5.69 Å². The average Bonchev–Trinajstić information content (AvgIpc) is 2.68. The molecule has 1 N–H and O–H groups in total. The number of nitrogens with zero attached hydrogens (tertiary/aromatic N) is 3. The number of aryl methyl sites for hydroxylation is 1. The van der Waals surface area contributed by atoms with E-state index in [1.807, 2.05) is 6.26 Å². The lowest BCUT2D eigenvalue weighted by Crippen LogP contribution is -2.27. The van der Waals surface area contributed by atoms with Crippen LogP contribution in [0.1, 0.15) is 21.7 Å². The van der Waals surface area contributed by atoms with E-state index in [-0.39, 0.29) is 11.4 Å². The minimum atomic E-state index is -4.62. The summed E-state index contributed by atoms with van der Waals surface area (Å²) < 4.78 is 41.0. The maximum atomic E-state index is 13.4. The van der Waals surface area contributed by atoms with E-state index >= 15 is 0 Å². The molecule has 150 valence electrons. The number of amides is 1. The minimum Gasteiger partial charge on any atom is -0.319 e. The molecule has 1 aromatic carbocycles. The summed E-state index contributed by atoms with van der Waals surface area (Å²) in [6, 6.07) is 9.16. The first-order valence-electron chi connectivity index (χ1n) is 8.29. The van der Waals surface area contributed by atoms with Crippen LogP contribution in [-0.2, 0) is 6.18 Å². The number of benzene rings is 1. The Morgan fingerprint density at radius 3 is 2.52 bits per heavy atom. The second-order valence-electron chi connectivity index (χ2n) is 5.97. The highest BCUT2D eigenvalue weighted by Gasteiger charge is 2.34. The molecule has 0 aliphatic rings. The molecule has 0 aliphatic carbocycles. The summed E-state index contributed by atoms with van der Waals surface area (Å²) in [6.45, 7) is 1.44. The summed E-state index contributed by atoms with van der Waals surface area (Å²) in [6.07, 6.45) is -1.37. The van der Waals surface area contributed by atoms with Crippen LogP contribution < -0.4 is 10.7 Å². The summed E-state index contributed by atoms with van der Waals surface area (Å²) in [7, 11) is 0. The summed E-state index contributed by atoms with van der Waals surface area (Å²) in [5.74, 6) is -0.841. The zero-order chi connectivity index (χ0) is 21.2. The van der Waals surface area contributed by atoms with Crippen molar-refractivity contribution in [1.82, 2.24) is 14.8 Å². The van der Waals surface area contributed by atoms with E-state index in [4.69, 9.17) is 0 Å². The molecule has 0 spiro atoms. The highest BCUT2D eigenvalue weighted by atomic mass is 32.2. The van der Waals surface area contributed by atoms with Gasteiger partial charge in [0, 0.05) is 11.8 Å². The molecule has 6 nitrogen and oxygen atoms in total. The second-order valence-corrected chi connectivity index (χ2v) is 6.80. The van der Waals surface area contributed by atoms with Gasteiger partial charge < -0.3 is 5.32 Å². The number of pyridine rings is 1. The number of hydrogen-bond donors (Lipinski definition) is 1. The third-order valence-electron chi connectivity index (χ3n) is 3.96. The molecule has 0 fully saturated rings. The van der Waals surface area contributed by atoms with E-state index < -0.39 is 28.8 Å². The molecule has 0 unspecified atom stereocenters. The van der Waals surface area contributed by atoms with Crippen LogP contribution in [0.15, 0.2) is 58.5 Å². The summed E-state index contributed by atoms with van der Waals surface area (Å²) in [5, 5.41) is 7.14.